The van der Waals surface area contributed by atoms with Gasteiger partial charge in [-0.25, -0.2) is 0 Å². The van der Waals surface area contributed by atoms with Gasteiger partial charge in [-0.15, -0.1) is 0 Å². The van der Waals surface area contributed by atoms with Crippen molar-refractivity contribution in [2.45, 2.75) is 39.2 Å². The van der Waals surface area contributed by atoms with Crippen LogP contribution in [0.2, 0.25) is 0 Å². The monoisotopic (exact) mass is 171 g/mol. The summed E-state index contributed by atoms with van der Waals surface area (Å²) in [5.41, 5.74) is 0. The second kappa shape index (κ2) is 4.83. The summed E-state index contributed by atoms with van der Waals surface area (Å²) in [4.78, 5) is 2.50. The number of hydrogen-bond donors (Lipinski definition) is 1. The molecule has 1 fully saturated rings. The molecule has 2 unspecified atom stereocenters. The molecule has 2 atom stereocenters. The molecule has 0 aliphatic carbocycles. The molecule has 72 valence electrons. The molecule has 0 amide bonds. The third-order valence-corrected chi connectivity index (χ3v) is 2.91. The van der Waals surface area contributed by atoms with Gasteiger partial charge in [-0.1, -0.05) is 13.3 Å². The molecule has 0 saturated carbocycles. The zero-order valence-corrected chi connectivity index (χ0v) is 8.29. The first-order chi connectivity index (χ1) is 5.77. The summed E-state index contributed by atoms with van der Waals surface area (Å²) in [6.45, 7) is 7.19. The SMILES string of the molecule is CCCC(C)N1CCC(CO)C1. The summed E-state index contributed by atoms with van der Waals surface area (Å²) in [6, 6.07) is 0.714. The van der Waals surface area contributed by atoms with Gasteiger partial charge in [0.15, 0.2) is 0 Å². The Kier molecular flexibility index (Phi) is 4.02. The lowest BCUT2D eigenvalue weighted by Crippen LogP contribution is -2.31. The van der Waals surface area contributed by atoms with Crippen LogP contribution in [0.25, 0.3) is 0 Å². The number of likely N-dealkylation sites (tertiary alicyclic amines) is 1. The molecule has 1 N–H and O–H groups in total. The molecule has 0 aromatic carbocycles. The Hall–Kier alpha value is -0.0800. The molecule has 0 radical (unpaired) electrons. The Bertz CT molecular complexity index is 127. The Balaban J connectivity index is 2.25. The maximum atomic E-state index is 8.97. The summed E-state index contributed by atoms with van der Waals surface area (Å²) in [7, 11) is 0. The summed E-state index contributed by atoms with van der Waals surface area (Å²) in [5.74, 6) is 0.546. The highest BCUT2D eigenvalue weighted by molar-refractivity contribution is 4.78. The van der Waals surface area contributed by atoms with E-state index >= 15 is 0 Å². The van der Waals surface area contributed by atoms with Crippen LogP contribution in [-0.2, 0) is 0 Å². The van der Waals surface area contributed by atoms with Gasteiger partial charge in [0.05, 0.1) is 0 Å². The van der Waals surface area contributed by atoms with Crippen LogP contribution >= 0.6 is 0 Å². The molecule has 1 aliphatic rings. The van der Waals surface area contributed by atoms with Crippen LogP contribution in [0.15, 0.2) is 0 Å². The number of hydrogen-bond acceptors (Lipinski definition) is 2. The normalized spacial score (nSPS) is 27.8. The lowest BCUT2D eigenvalue weighted by molar-refractivity contribution is 0.199. The summed E-state index contributed by atoms with van der Waals surface area (Å²) in [5, 5.41) is 8.97. The van der Waals surface area contributed by atoms with Crippen LogP contribution in [0.1, 0.15) is 33.1 Å². The second-order valence-electron chi connectivity index (χ2n) is 3.97. The number of aliphatic hydroxyl groups excluding tert-OH is 1. The van der Waals surface area contributed by atoms with Gasteiger partial charge >= 0.3 is 0 Å². The molecule has 1 saturated heterocycles. The average Bonchev–Trinajstić information content (AvgIpc) is 2.52. The van der Waals surface area contributed by atoms with Crippen molar-refractivity contribution in [3.05, 3.63) is 0 Å². The topological polar surface area (TPSA) is 23.5 Å². The first-order valence-electron chi connectivity index (χ1n) is 5.12. The Morgan fingerprint density at radius 3 is 2.83 bits per heavy atom. The maximum absolute atomic E-state index is 8.97. The first kappa shape index (κ1) is 10.0. The van der Waals surface area contributed by atoms with Crippen molar-refractivity contribution < 1.29 is 5.11 Å². The van der Waals surface area contributed by atoms with E-state index in [1.165, 1.54) is 25.8 Å². The Labute approximate surface area is 75.6 Å². The van der Waals surface area contributed by atoms with Crippen molar-refractivity contribution >= 4 is 0 Å². The van der Waals surface area contributed by atoms with Crippen LogP contribution in [0.5, 0.6) is 0 Å². The largest absolute Gasteiger partial charge is 0.396 e. The predicted octanol–water partition coefficient (Wildman–Crippen LogP) is 1.49. The van der Waals surface area contributed by atoms with E-state index in [0.717, 1.165) is 6.54 Å². The summed E-state index contributed by atoms with van der Waals surface area (Å²) in [6.07, 6.45) is 3.74. The second-order valence-corrected chi connectivity index (χ2v) is 3.97. The third-order valence-electron chi connectivity index (χ3n) is 2.91. The molecule has 1 aliphatic heterocycles. The standard InChI is InChI=1S/C10H21NO/c1-3-4-9(2)11-6-5-10(7-11)8-12/h9-10,12H,3-8H2,1-2H3. The lowest BCUT2D eigenvalue weighted by Gasteiger charge is -2.23. The van der Waals surface area contributed by atoms with E-state index in [2.05, 4.69) is 18.7 Å². The van der Waals surface area contributed by atoms with Crippen molar-refractivity contribution in [3.63, 3.8) is 0 Å². The highest BCUT2D eigenvalue weighted by atomic mass is 16.3. The molecule has 2 nitrogen and oxygen atoms in total. The molecule has 0 aromatic heterocycles. The van der Waals surface area contributed by atoms with Crippen LogP contribution < -0.4 is 0 Å². The lowest BCUT2D eigenvalue weighted by atomic mass is 10.1. The third kappa shape index (κ3) is 2.46. The summed E-state index contributed by atoms with van der Waals surface area (Å²) >= 11 is 0. The highest BCUT2D eigenvalue weighted by Crippen LogP contribution is 2.19. The molecule has 0 bridgehead atoms. The fraction of sp³-hybridized carbons (Fsp3) is 1.00. The van der Waals surface area contributed by atoms with E-state index in [4.69, 9.17) is 5.11 Å². The van der Waals surface area contributed by atoms with Gasteiger partial charge < -0.3 is 10.0 Å². The molecule has 1 rings (SSSR count). The Morgan fingerprint density at radius 2 is 2.33 bits per heavy atom. The van der Waals surface area contributed by atoms with Gasteiger partial charge in [-0.05, 0) is 32.2 Å². The first-order valence-corrected chi connectivity index (χ1v) is 5.12. The van der Waals surface area contributed by atoms with E-state index < -0.39 is 0 Å². The fourth-order valence-electron chi connectivity index (χ4n) is 2.01. The van der Waals surface area contributed by atoms with Gasteiger partial charge in [0.1, 0.15) is 0 Å². The molecule has 0 aromatic rings. The van der Waals surface area contributed by atoms with Gasteiger partial charge in [0.2, 0.25) is 0 Å². The van der Waals surface area contributed by atoms with Crippen molar-refractivity contribution in [1.29, 1.82) is 0 Å². The minimum atomic E-state index is 0.370. The molecule has 0 spiro atoms. The maximum Gasteiger partial charge on any atom is 0.0471 e. The minimum absolute atomic E-state index is 0.370. The minimum Gasteiger partial charge on any atom is -0.396 e. The summed E-state index contributed by atoms with van der Waals surface area (Å²) < 4.78 is 0. The van der Waals surface area contributed by atoms with Crippen LogP contribution in [0.3, 0.4) is 0 Å². The van der Waals surface area contributed by atoms with Crippen LogP contribution in [0.4, 0.5) is 0 Å². The van der Waals surface area contributed by atoms with E-state index in [9.17, 15) is 0 Å². The van der Waals surface area contributed by atoms with E-state index in [1.807, 2.05) is 0 Å². The van der Waals surface area contributed by atoms with Gasteiger partial charge in [-0.2, -0.15) is 0 Å². The smallest absolute Gasteiger partial charge is 0.0471 e. The van der Waals surface area contributed by atoms with E-state index in [1.54, 1.807) is 0 Å². The predicted molar refractivity (Wildman–Crippen MR) is 51.1 cm³/mol. The quantitative estimate of drug-likeness (QED) is 0.692. The average molecular weight is 171 g/mol. The van der Waals surface area contributed by atoms with E-state index in [0.29, 0.717) is 18.6 Å². The van der Waals surface area contributed by atoms with Crippen molar-refractivity contribution in [2.24, 2.45) is 5.92 Å². The molecular formula is C10H21NO. The highest BCUT2D eigenvalue weighted by Gasteiger charge is 2.24. The zero-order valence-electron chi connectivity index (χ0n) is 8.29. The van der Waals surface area contributed by atoms with Gasteiger partial charge in [0, 0.05) is 19.2 Å². The van der Waals surface area contributed by atoms with E-state index in [-0.39, 0.29) is 0 Å². The molecule has 1 heterocycles. The van der Waals surface area contributed by atoms with Crippen LogP contribution in [-0.4, -0.2) is 35.7 Å². The van der Waals surface area contributed by atoms with Crippen molar-refractivity contribution in [2.75, 3.05) is 19.7 Å². The van der Waals surface area contributed by atoms with Gasteiger partial charge in [-0.3, -0.25) is 0 Å². The Morgan fingerprint density at radius 1 is 1.58 bits per heavy atom. The zero-order chi connectivity index (χ0) is 8.97. The van der Waals surface area contributed by atoms with Crippen molar-refractivity contribution in [1.82, 2.24) is 4.90 Å². The van der Waals surface area contributed by atoms with Crippen molar-refractivity contribution in [3.8, 4) is 0 Å². The molecular weight excluding hydrogens is 150 g/mol. The number of nitrogens with zero attached hydrogens (tertiary/aromatic N) is 1. The fourth-order valence-corrected chi connectivity index (χ4v) is 2.01. The molecule has 12 heavy (non-hydrogen) atoms. The molecule has 2 heteroatoms. The van der Waals surface area contributed by atoms with Gasteiger partial charge in [0.25, 0.3) is 0 Å². The number of rotatable bonds is 4. The van der Waals surface area contributed by atoms with Crippen LogP contribution in [0, 0.1) is 5.92 Å². The number of aliphatic hydroxyl groups is 1.